The summed E-state index contributed by atoms with van der Waals surface area (Å²) in [6.07, 6.45) is 6.50. The smallest absolute Gasteiger partial charge is 0.250 e. The Bertz CT molecular complexity index is 1480. The Balaban J connectivity index is 1.47. The van der Waals surface area contributed by atoms with E-state index in [-0.39, 0.29) is 33.4 Å². The number of methoxy groups -OCH3 is 2. The minimum absolute atomic E-state index is 0.0640. The number of rotatable bonds is 6. The van der Waals surface area contributed by atoms with E-state index in [9.17, 15) is 14.4 Å². The van der Waals surface area contributed by atoms with E-state index in [0.717, 1.165) is 0 Å². The standard InChI is InChI=1S/C26H23ClN4O6/c1-13-8-15(30-14-4-5-17(16(9-14)25(28)34)31-7-6-29-12-31)10-20(32)26(13)24(33)21-18(35-2)11-19(36-3)22(27)23(21)37-26/h4-7,9-13,30H,8H2,1-3H3,(H2,28,34). The molecular formula is C26H23ClN4O6. The lowest BCUT2D eigenvalue weighted by atomic mass is 9.74. The van der Waals surface area contributed by atoms with Crippen molar-refractivity contribution < 1.29 is 28.6 Å². The number of hydrogen-bond donors (Lipinski definition) is 2. The number of aromatic nitrogens is 2. The number of nitrogens with one attached hydrogen (secondary N) is 1. The van der Waals surface area contributed by atoms with Crippen molar-refractivity contribution in [2.24, 2.45) is 11.7 Å². The average Bonchev–Trinajstić information content (AvgIpc) is 3.51. The number of allylic oxidation sites excluding steroid dienone is 1. The lowest BCUT2D eigenvalue weighted by Crippen LogP contribution is -2.55. The molecule has 10 nitrogen and oxygen atoms in total. The van der Waals surface area contributed by atoms with Crippen molar-refractivity contribution >= 4 is 34.8 Å². The van der Waals surface area contributed by atoms with Crippen LogP contribution in [0.25, 0.3) is 5.69 Å². The number of primary amides is 1. The number of ketones is 2. The Morgan fingerprint density at radius 3 is 2.62 bits per heavy atom. The first-order valence-corrected chi connectivity index (χ1v) is 11.7. The zero-order valence-corrected chi connectivity index (χ0v) is 21.0. The Morgan fingerprint density at radius 2 is 2.00 bits per heavy atom. The predicted molar refractivity (Wildman–Crippen MR) is 135 cm³/mol. The highest BCUT2D eigenvalue weighted by molar-refractivity contribution is 6.36. The summed E-state index contributed by atoms with van der Waals surface area (Å²) in [5.74, 6) is -1.68. The van der Waals surface area contributed by atoms with Crippen LogP contribution in [0.2, 0.25) is 5.02 Å². The van der Waals surface area contributed by atoms with Gasteiger partial charge in [0.2, 0.25) is 17.2 Å². The van der Waals surface area contributed by atoms with E-state index in [2.05, 4.69) is 10.3 Å². The summed E-state index contributed by atoms with van der Waals surface area (Å²) in [7, 11) is 2.84. The number of halogens is 1. The van der Waals surface area contributed by atoms with Crippen molar-refractivity contribution in [1.82, 2.24) is 9.55 Å². The van der Waals surface area contributed by atoms with Crippen LogP contribution >= 0.6 is 11.6 Å². The number of Topliss-reactive ketones (excluding diaryl/α,β-unsaturated/α-hetero) is 1. The summed E-state index contributed by atoms with van der Waals surface area (Å²) in [6, 6.07) is 6.57. The topological polar surface area (TPSA) is 135 Å². The summed E-state index contributed by atoms with van der Waals surface area (Å²) in [6.45, 7) is 1.75. The highest BCUT2D eigenvalue weighted by Gasteiger charge is 2.60. The molecule has 1 aliphatic heterocycles. The molecule has 0 saturated heterocycles. The van der Waals surface area contributed by atoms with Crippen molar-refractivity contribution in [3.8, 4) is 22.9 Å². The molecule has 2 aliphatic rings. The second-order valence-electron chi connectivity index (χ2n) is 8.80. The van der Waals surface area contributed by atoms with Gasteiger partial charge in [0.15, 0.2) is 5.75 Å². The van der Waals surface area contributed by atoms with E-state index >= 15 is 0 Å². The van der Waals surface area contributed by atoms with Gasteiger partial charge in [-0.1, -0.05) is 18.5 Å². The fourth-order valence-corrected chi connectivity index (χ4v) is 5.10. The minimum Gasteiger partial charge on any atom is -0.496 e. The quantitative estimate of drug-likeness (QED) is 0.469. The minimum atomic E-state index is -1.78. The molecule has 2 heterocycles. The van der Waals surface area contributed by atoms with Crippen molar-refractivity contribution in [3.05, 3.63) is 70.9 Å². The molecule has 3 aromatic rings. The first-order valence-electron chi connectivity index (χ1n) is 11.3. The number of fused-ring (bicyclic) bond motifs is 1. The maximum atomic E-state index is 13.6. The summed E-state index contributed by atoms with van der Waals surface area (Å²) in [5.41, 5.74) is 5.89. The molecule has 0 saturated carbocycles. The van der Waals surface area contributed by atoms with Crippen LogP contribution in [0.15, 0.2) is 54.8 Å². The monoisotopic (exact) mass is 522 g/mol. The highest BCUT2D eigenvalue weighted by Crippen LogP contribution is 2.53. The number of carbonyl (C=O) groups is 3. The second kappa shape index (κ2) is 8.97. The third kappa shape index (κ3) is 3.72. The van der Waals surface area contributed by atoms with Crippen LogP contribution in [0.4, 0.5) is 5.69 Å². The van der Waals surface area contributed by atoms with Gasteiger partial charge in [-0.05, 0) is 24.6 Å². The summed E-state index contributed by atoms with van der Waals surface area (Å²) < 4.78 is 18.4. The molecule has 11 heteroatoms. The fraction of sp³-hybridized carbons (Fsp3) is 0.231. The normalized spacial score (nSPS) is 20.3. The van der Waals surface area contributed by atoms with E-state index in [1.165, 1.54) is 26.4 Å². The lowest BCUT2D eigenvalue weighted by Gasteiger charge is -2.35. The Hall–Kier alpha value is -4.31. The van der Waals surface area contributed by atoms with Crippen molar-refractivity contribution in [2.75, 3.05) is 19.5 Å². The van der Waals surface area contributed by atoms with Crippen LogP contribution in [0.1, 0.15) is 34.1 Å². The van der Waals surface area contributed by atoms with Gasteiger partial charge in [0.25, 0.3) is 5.91 Å². The maximum absolute atomic E-state index is 13.6. The van der Waals surface area contributed by atoms with Crippen LogP contribution < -0.4 is 25.3 Å². The average molecular weight is 523 g/mol. The Labute approximate surface area is 217 Å². The molecule has 0 fully saturated rings. The van der Waals surface area contributed by atoms with Gasteiger partial charge >= 0.3 is 0 Å². The van der Waals surface area contributed by atoms with E-state index in [1.807, 2.05) is 0 Å². The number of nitrogens with zero attached hydrogens (tertiary/aromatic N) is 2. The first-order chi connectivity index (χ1) is 17.7. The summed E-state index contributed by atoms with van der Waals surface area (Å²) in [5, 5.41) is 3.27. The number of carbonyl (C=O) groups excluding carboxylic acids is 3. The van der Waals surface area contributed by atoms with Gasteiger partial charge in [0.1, 0.15) is 22.1 Å². The van der Waals surface area contributed by atoms with Gasteiger partial charge in [-0.2, -0.15) is 0 Å². The molecule has 1 aliphatic carbocycles. The van der Waals surface area contributed by atoms with E-state index in [0.29, 0.717) is 23.5 Å². The molecule has 1 spiro atoms. The van der Waals surface area contributed by atoms with Crippen LogP contribution in [-0.2, 0) is 4.79 Å². The molecule has 3 N–H and O–H groups in total. The Morgan fingerprint density at radius 1 is 1.24 bits per heavy atom. The van der Waals surface area contributed by atoms with Crippen LogP contribution in [0, 0.1) is 5.92 Å². The molecule has 2 atom stereocenters. The zero-order valence-electron chi connectivity index (χ0n) is 20.2. The number of imidazole rings is 1. The molecule has 1 aromatic heterocycles. The number of benzene rings is 2. The number of anilines is 1. The number of ether oxygens (including phenoxy) is 3. The molecule has 5 rings (SSSR count). The van der Waals surface area contributed by atoms with Crippen molar-refractivity contribution in [1.29, 1.82) is 0 Å². The third-order valence-corrected chi connectivity index (χ3v) is 7.02. The molecule has 2 aromatic carbocycles. The molecule has 190 valence electrons. The largest absolute Gasteiger partial charge is 0.496 e. The van der Waals surface area contributed by atoms with E-state index in [4.69, 9.17) is 31.5 Å². The van der Waals surface area contributed by atoms with Gasteiger partial charge < -0.3 is 29.8 Å². The zero-order chi connectivity index (χ0) is 26.5. The fourth-order valence-electron chi connectivity index (χ4n) is 4.84. The number of hydrogen-bond acceptors (Lipinski definition) is 8. The van der Waals surface area contributed by atoms with Gasteiger partial charge in [-0.15, -0.1) is 0 Å². The van der Waals surface area contributed by atoms with Gasteiger partial charge in [-0.25, -0.2) is 4.98 Å². The molecule has 0 bridgehead atoms. The summed E-state index contributed by atoms with van der Waals surface area (Å²) in [4.78, 5) is 43.2. The van der Waals surface area contributed by atoms with Crippen LogP contribution in [0.3, 0.4) is 0 Å². The summed E-state index contributed by atoms with van der Waals surface area (Å²) >= 11 is 6.43. The molecule has 0 radical (unpaired) electrons. The number of nitrogens with two attached hydrogens (primary N) is 1. The second-order valence-corrected chi connectivity index (χ2v) is 9.17. The maximum Gasteiger partial charge on any atom is 0.250 e. The van der Waals surface area contributed by atoms with Crippen molar-refractivity contribution in [2.45, 2.75) is 18.9 Å². The number of amides is 1. The van der Waals surface area contributed by atoms with Gasteiger partial charge in [0.05, 0.1) is 31.8 Å². The van der Waals surface area contributed by atoms with Crippen molar-refractivity contribution in [3.63, 3.8) is 0 Å². The van der Waals surface area contributed by atoms with E-state index in [1.54, 1.807) is 48.4 Å². The predicted octanol–water partition coefficient (Wildman–Crippen LogP) is 3.56. The van der Waals surface area contributed by atoms with Gasteiger partial charge in [-0.3, -0.25) is 14.4 Å². The molecule has 1 amide bonds. The highest BCUT2D eigenvalue weighted by atomic mass is 35.5. The van der Waals surface area contributed by atoms with E-state index < -0.39 is 29.0 Å². The molecular weight excluding hydrogens is 500 g/mol. The van der Waals surface area contributed by atoms with Crippen LogP contribution in [-0.4, -0.2) is 46.8 Å². The Kier molecular flexibility index (Phi) is 5.91. The first kappa shape index (κ1) is 24.4. The molecule has 2 unspecified atom stereocenters. The van der Waals surface area contributed by atoms with Gasteiger partial charge in [0, 0.05) is 41.8 Å². The third-order valence-electron chi connectivity index (χ3n) is 6.66. The SMILES string of the molecule is COc1cc(OC)c2c(c1Cl)OC1(C(=O)C=C(Nc3ccc(-n4ccnc4)c(C(N)=O)c3)CC1C)C2=O. The molecule has 37 heavy (non-hydrogen) atoms. The van der Waals surface area contributed by atoms with Crippen LogP contribution in [0.5, 0.6) is 17.2 Å². The lowest BCUT2D eigenvalue weighted by molar-refractivity contribution is -0.129.